The van der Waals surface area contributed by atoms with Gasteiger partial charge in [0.05, 0.1) is 0 Å². The van der Waals surface area contributed by atoms with Crippen LogP contribution in [0.4, 0.5) is 10.4 Å². The van der Waals surface area contributed by atoms with Crippen molar-refractivity contribution >= 4 is 11.9 Å². The van der Waals surface area contributed by atoms with E-state index in [4.69, 9.17) is 4.42 Å². The van der Waals surface area contributed by atoms with Crippen LogP contribution in [0, 0.1) is 5.82 Å². The molecular weight excluding hydrogens is 213 g/mol. The second-order valence-corrected chi connectivity index (χ2v) is 3.10. The normalized spacial score (nSPS) is 10.1. The fraction of sp³-hybridized carbons (Fsp3) is 0.100. The summed E-state index contributed by atoms with van der Waals surface area (Å²) in [5.74, 6) is -0.547. The number of rotatable bonds is 2. The molecule has 1 aromatic carbocycles. The minimum Gasteiger partial charge on any atom is -0.403 e. The standard InChI is InChI=1S/C10H8FN3O2/c1-6(15)12-10-14-13-9(16-10)7-3-2-4-8(11)5-7/h2-5H,1H3,(H,12,14,15). The molecule has 0 aliphatic rings. The molecule has 2 rings (SSSR count). The van der Waals surface area contributed by atoms with E-state index in [9.17, 15) is 9.18 Å². The Morgan fingerprint density at radius 1 is 1.44 bits per heavy atom. The Labute approximate surface area is 90.3 Å². The molecule has 1 N–H and O–H groups in total. The molecule has 82 valence electrons. The van der Waals surface area contributed by atoms with Crippen LogP contribution in [-0.4, -0.2) is 16.1 Å². The summed E-state index contributed by atoms with van der Waals surface area (Å²) in [7, 11) is 0. The lowest BCUT2D eigenvalue weighted by Crippen LogP contribution is -2.05. The topological polar surface area (TPSA) is 68.0 Å². The highest BCUT2D eigenvalue weighted by Crippen LogP contribution is 2.20. The monoisotopic (exact) mass is 221 g/mol. The van der Waals surface area contributed by atoms with Crippen LogP contribution in [0.25, 0.3) is 11.5 Å². The van der Waals surface area contributed by atoms with Gasteiger partial charge >= 0.3 is 6.01 Å². The highest BCUT2D eigenvalue weighted by atomic mass is 19.1. The molecule has 5 nitrogen and oxygen atoms in total. The Balaban J connectivity index is 2.28. The molecule has 0 saturated heterocycles. The van der Waals surface area contributed by atoms with E-state index in [-0.39, 0.29) is 17.8 Å². The highest BCUT2D eigenvalue weighted by molar-refractivity contribution is 5.86. The zero-order valence-electron chi connectivity index (χ0n) is 8.40. The van der Waals surface area contributed by atoms with Crippen LogP contribution in [0.1, 0.15) is 6.92 Å². The lowest BCUT2D eigenvalue weighted by atomic mass is 10.2. The summed E-state index contributed by atoms with van der Waals surface area (Å²) in [4.78, 5) is 10.7. The van der Waals surface area contributed by atoms with Gasteiger partial charge in [-0.2, -0.15) is 0 Å². The Morgan fingerprint density at radius 2 is 2.25 bits per heavy atom. The Morgan fingerprint density at radius 3 is 2.94 bits per heavy atom. The summed E-state index contributed by atoms with van der Waals surface area (Å²) in [5, 5.41) is 9.61. The molecule has 2 aromatic rings. The van der Waals surface area contributed by atoms with Gasteiger partial charge in [0.1, 0.15) is 5.82 Å². The number of amides is 1. The molecule has 6 heteroatoms. The zero-order valence-corrected chi connectivity index (χ0v) is 8.40. The van der Waals surface area contributed by atoms with E-state index in [0.29, 0.717) is 5.56 Å². The van der Waals surface area contributed by atoms with Crippen molar-refractivity contribution in [2.24, 2.45) is 0 Å². The first kappa shape index (κ1) is 10.3. The van der Waals surface area contributed by atoms with E-state index in [2.05, 4.69) is 15.5 Å². The van der Waals surface area contributed by atoms with Crippen molar-refractivity contribution in [3.8, 4) is 11.5 Å². The summed E-state index contributed by atoms with van der Waals surface area (Å²) in [6, 6.07) is 5.74. The molecule has 0 radical (unpaired) electrons. The van der Waals surface area contributed by atoms with E-state index in [0.717, 1.165) is 0 Å². The number of carbonyl (C=O) groups is 1. The number of halogens is 1. The molecule has 0 spiro atoms. The van der Waals surface area contributed by atoms with Crippen LogP contribution in [0.5, 0.6) is 0 Å². The second-order valence-electron chi connectivity index (χ2n) is 3.10. The number of hydrogen-bond acceptors (Lipinski definition) is 4. The van der Waals surface area contributed by atoms with Gasteiger partial charge in [0, 0.05) is 12.5 Å². The molecule has 0 unspecified atom stereocenters. The van der Waals surface area contributed by atoms with E-state index in [1.54, 1.807) is 6.07 Å². The van der Waals surface area contributed by atoms with Crippen LogP contribution in [0.3, 0.4) is 0 Å². The van der Waals surface area contributed by atoms with Gasteiger partial charge in [-0.3, -0.25) is 10.1 Å². The first-order valence-corrected chi connectivity index (χ1v) is 4.52. The number of nitrogens with zero attached hydrogens (tertiary/aromatic N) is 2. The van der Waals surface area contributed by atoms with E-state index >= 15 is 0 Å². The highest BCUT2D eigenvalue weighted by Gasteiger charge is 2.09. The molecular formula is C10H8FN3O2. The van der Waals surface area contributed by atoms with E-state index in [1.807, 2.05) is 0 Å². The first-order chi connectivity index (χ1) is 7.65. The van der Waals surface area contributed by atoms with Crippen LogP contribution in [-0.2, 0) is 4.79 Å². The average Bonchev–Trinajstić information content (AvgIpc) is 2.65. The third-order valence-electron chi connectivity index (χ3n) is 1.78. The van der Waals surface area contributed by atoms with Crippen LogP contribution in [0.2, 0.25) is 0 Å². The van der Waals surface area contributed by atoms with Crippen molar-refractivity contribution in [2.45, 2.75) is 6.92 Å². The van der Waals surface area contributed by atoms with E-state index in [1.165, 1.54) is 25.1 Å². The molecule has 0 bridgehead atoms. The molecule has 0 fully saturated rings. The Bertz CT molecular complexity index is 524. The molecule has 0 atom stereocenters. The maximum absolute atomic E-state index is 12.9. The maximum atomic E-state index is 12.9. The molecule has 1 aromatic heterocycles. The largest absolute Gasteiger partial charge is 0.403 e. The number of hydrogen-bond donors (Lipinski definition) is 1. The summed E-state index contributed by atoms with van der Waals surface area (Å²) in [6.07, 6.45) is 0. The number of anilines is 1. The van der Waals surface area contributed by atoms with Gasteiger partial charge in [-0.25, -0.2) is 4.39 Å². The molecule has 0 aliphatic carbocycles. The summed E-state index contributed by atoms with van der Waals surface area (Å²) in [5.41, 5.74) is 0.462. The number of aromatic nitrogens is 2. The fourth-order valence-corrected chi connectivity index (χ4v) is 1.16. The lowest BCUT2D eigenvalue weighted by molar-refractivity contribution is -0.114. The van der Waals surface area contributed by atoms with Gasteiger partial charge in [0.25, 0.3) is 0 Å². The van der Waals surface area contributed by atoms with Crippen molar-refractivity contribution in [3.05, 3.63) is 30.1 Å². The van der Waals surface area contributed by atoms with Crippen molar-refractivity contribution < 1.29 is 13.6 Å². The molecule has 1 amide bonds. The molecule has 0 aliphatic heterocycles. The zero-order chi connectivity index (χ0) is 11.5. The minimum atomic E-state index is -0.392. The van der Waals surface area contributed by atoms with Gasteiger partial charge in [-0.1, -0.05) is 11.2 Å². The summed E-state index contributed by atoms with van der Waals surface area (Å²) >= 11 is 0. The van der Waals surface area contributed by atoms with E-state index < -0.39 is 5.82 Å². The van der Waals surface area contributed by atoms with Gasteiger partial charge < -0.3 is 4.42 Å². The summed E-state index contributed by atoms with van der Waals surface area (Å²) in [6.45, 7) is 1.33. The van der Waals surface area contributed by atoms with Gasteiger partial charge in [0.15, 0.2) is 0 Å². The predicted molar refractivity (Wildman–Crippen MR) is 54.0 cm³/mol. The third-order valence-corrected chi connectivity index (χ3v) is 1.78. The molecule has 1 heterocycles. The van der Waals surface area contributed by atoms with Crippen molar-refractivity contribution in [1.29, 1.82) is 0 Å². The van der Waals surface area contributed by atoms with Crippen LogP contribution in [0.15, 0.2) is 28.7 Å². The number of benzene rings is 1. The second kappa shape index (κ2) is 4.09. The van der Waals surface area contributed by atoms with Gasteiger partial charge in [-0.15, -0.1) is 5.10 Å². The maximum Gasteiger partial charge on any atom is 0.322 e. The number of carbonyl (C=O) groups excluding carboxylic acids is 1. The van der Waals surface area contributed by atoms with Gasteiger partial charge in [0.2, 0.25) is 11.8 Å². The van der Waals surface area contributed by atoms with Crippen LogP contribution >= 0.6 is 0 Å². The van der Waals surface area contributed by atoms with Crippen molar-refractivity contribution in [1.82, 2.24) is 10.2 Å². The SMILES string of the molecule is CC(=O)Nc1nnc(-c2cccc(F)c2)o1. The van der Waals surface area contributed by atoms with Crippen LogP contribution < -0.4 is 5.32 Å². The molecule has 16 heavy (non-hydrogen) atoms. The lowest BCUT2D eigenvalue weighted by Gasteiger charge is -1.94. The van der Waals surface area contributed by atoms with Crippen molar-refractivity contribution in [3.63, 3.8) is 0 Å². The van der Waals surface area contributed by atoms with Crippen molar-refractivity contribution in [2.75, 3.05) is 5.32 Å². The van der Waals surface area contributed by atoms with Gasteiger partial charge in [-0.05, 0) is 18.2 Å². The smallest absolute Gasteiger partial charge is 0.322 e. The summed E-state index contributed by atoms with van der Waals surface area (Å²) < 4.78 is 18.0. The first-order valence-electron chi connectivity index (χ1n) is 4.52. The Kier molecular flexibility index (Phi) is 2.63. The fourth-order valence-electron chi connectivity index (χ4n) is 1.16. The quantitative estimate of drug-likeness (QED) is 0.840. The molecule has 0 saturated carbocycles. The number of nitrogens with one attached hydrogen (secondary N) is 1. The Hall–Kier alpha value is -2.24. The minimum absolute atomic E-state index is 0.00763. The average molecular weight is 221 g/mol. The predicted octanol–water partition coefficient (Wildman–Crippen LogP) is 1.83. The third kappa shape index (κ3) is 2.22.